The Morgan fingerprint density at radius 2 is 0.597 bits per heavy atom. The van der Waals surface area contributed by atoms with Crippen molar-refractivity contribution in [2.75, 3.05) is 13.2 Å². The van der Waals surface area contributed by atoms with E-state index in [0.717, 1.165) is 83.5 Å². The van der Waals surface area contributed by atoms with Crippen molar-refractivity contribution in [3.05, 3.63) is 24.3 Å². The molecule has 0 aliphatic rings. The van der Waals surface area contributed by atoms with Crippen molar-refractivity contribution < 1.29 is 28.6 Å². The minimum absolute atomic E-state index is 0.0718. The van der Waals surface area contributed by atoms with Gasteiger partial charge < -0.3 is 14.2 Å². The molecule has 0 saturated carbocycles. The van der Waals surface area contributed by atoms with Crippen molar-refractivity contribution in [3.63, 3.8) is 0 Å². The smallest absolute Gasteiger partial charge is 0.306 e. The second-order valence-electron chi connectivity index (χ2n) is 18.5. The van der Waals surface area contributed by atoms with Crippen LogP contribution in [0.3, 0.4) is 0 Å². The van der Waals surface area contributed by atoms with Gasteiger partial charge in [0.25, 0.3) is 0 Å². The minimum Gasteiger partial charge on any atom is -0.462 e. The first-order valence-corrected chi connectivity index (χ1v) is 27.3. The van der Waals surface area contributed by atoms with Gasteiger partial charge >= 0.3 is 17.9 Å². The van der Waals surface area contributed by atoms with E-state index in [9.17, 15) is 14.4 Å². The number of hydrogen-bond donors (Lipinski definition) is 0. The topological polar surface area (TPSA) is 78.9 Å². The third-order valence-corrected chi connectivity index (χ3v) is 12.2. The molecule has 0 saturated heterocycles. The Hall–Kier alpha value is -2.11. The zero-order chi connectivity index (χ0) is 45.1. The van der Waals surface area contributed by atoms with Crippen LogP contribution < -0.4 is 0 Å². The highest BCUT2D eigenvalue weighted by Crippen LogP contribution is 2.16. The summed E-state index contributed by atoms with van der Waals surface area (Å²) in [6.07, 6.45) is 58.7. The van der Waals surface area contributed by atoms with Gasteiger partial charge in [0, 0.05) is 19.3 Å². The van der Waals surface area contributed by atoms with Gasteiger partial charge in [-0.1, -0.05) is 257 Å². The molecule has 0 spiro atoms. The van der Waals surface area contributed by atoms with Crippen LogP contribution in [0.25, 0.3) is 0 Å². The van der Waals surface area contributed by atoms with Crippen molar-refractivity contribution in [2.24, 2.45) is 0 Å². The van der Waals surface area contributed by atoms with Gasteiger partial charge in [0.15, 0.2) is 6.10 Å². The maximum Gasteiger partial charge on any atom is 0.306 e. The third kappa shape index (κ3) is 48.9. The number of carbonyl (C=O) groups is 3. The van der Waals surface area contributed by atoms with Crippen molar-refractivity contribution >= 4 is 17.9 Å². The summed E-state index contributed by atoms with van der Waals surface area (Å²) in [4.78, 5) is 38.0. The molecule has 0 radical (unpaired) electrons. The van der Waals surface area contributed by atoms with Gasteiger partial charge in [-0.15, -0.1) is 0 Å². The molecule has 62 heavy (non-hydrogen) atoms. The molecule has 0 N–H and O–H groups in total. The second kappa shape index (κ2) is 51.5. The number of esters is 3. The van der Waals surface area contributed by atoms with Crippen LogP contribution in [0.15, 0.2) is 24.3 Å². The Labute approximate surface area is 385 Å². The van der Waals surface area contributed by atoms with Gasteiger partial charge in [0.2, 0.25) is 0 Å². The zero-order valence-electron chi connectivity index (χ0n) is 41.7. The first kappa shape index (κ1) is 59.9. The summed E-state index contributed by atoms with van der Waals surface area (Å²) in [6.45, 7) is 6.63. The average Bonchev–Trinajstić information content (AvgIpc) is 3.27. The summed E-state index contributed by atoms with van der Waals surface area (Å²) < 4.78 is 16.8. The van der Waals surface area contributed by atoms with Gasteiger partial charge in [-0.05, 0) is 44.9 Å². The molecule has 0 aliphatic carbocycles. The standard InChI is InChI=1S/C56H104O6/c1-4-7-10-13-16-19-22-25-27-28-29-32-34-37-40-43-46-49-55(58)61-52-53(51-60-54(57)48-45-42-39-36-33-30-24-21-18-15-12-9-6-3)62-56(59)50-47-44-41-38-35-31-26-23-20-17-14-11-8-5-2/h14,17,23,26,53H,4-13,15-16,18-22,24-25,27-52H2,1-3H3/b17-14+,26-23+/t53-/m1/s1. The van der Waals surface area contributed by atoms with Crippen LogP contribution in [0.5, 0.6) is 0 Å². The molecule has 6 heteroatoms. The molecule has 0 aliphatic heterocycles. The highest BCUT2D eigenvalue weighted by molar-refractivity contribution is 5.71. The summed E-state index contributed by atoms with van der Waals surface area (Å²) in [5.41, 5.74) is 0. The fraction of sp³-hybridized carbons (Fsp3) is 0.875. The molecule has 0 rings (SSSR count). The van der Waals surface area contributed by atoms with Gasteiger partial charge in [0.1, 0.15) is 13.2 Å². The fourth-order valence-corrected chi connectivity index (χ4v) is 8.05. The van der Waals surface area contributed by atoms with Gasteiger partial charge in [0.05, 0.1) is 0 Å². The highest BCUT2D eigenvalue weighted by atomic mass is 16.6. The van der Waals surface area contributed by atoms with Gasteiger partial charge in [-0.25, -0.2) is 0 Å². The molecule has 0 amide bonds. The van der Waals surface area contributed by atoms with Crippen molar-refractivity contribution in [2.45, 2.75) is 303 Å². The van der Waals surface area contributed by atoms with E-state index < -0.39 is 6.10 Å². The average molecular weight is 873 g/mol. The molecular weight excluding hydrogens is 769 g/mol. The Bertz CT molecular complexity index is 1000. The van der Waals surface area contributed by atoms with E-state index in [2.05, 4.69) is 45.1 Å². The van der Waals surface area contributed by atoms with Crippen molar-refractivity contribution in [1.82, 2.24) is 0 Å². The monoisotopic (exact) mass is 873 g/mol. The van der Waals surface area contributed by atoms with Crippen LogP contribution >= 0.6 is 0 Å². The summed E-state index contributed by atoms with van der Waals surface area (Å²) in [5.74, 6) is -0.868. The van der Waals surface area contributed by atoms with E-state index in [-0.39, 0.29) is 31.1 Å². The Morgan fingerprint density at radius 3 is 0.935 bits per heavy atom. The summed E-state index contributed by atoms with van der Waals surface area (Å²) in [6, 6.07) is 0. The number of rotatable bonds is 50. The Kier molecular flexibility index (Phi) is 49.8. The van der Waals surface area contributed by atoms with E-state index in [1.165, 1.54) is 173 Å². The lowest BCUT2D eigenvalue weighted by Gasteiger charge is -2.18. The third-order valence-electron chi connectivity index (χ3n) is 12.2. The molecule has 0 fully saturated rings. The van der Waals surface area contributed by atoms with E-state index in [1.54, 1.807) is 0 Å². The molecule has 0 aromatic rings. The normalized spacial score (nSPS) is 12.1. The van der Waals surface area contributed by atoms with Crippen LogP contribution in [0.2, 0.25) is 0 Å². The maximum absolute atomic E-state index is 12.8. The molecule has 0 heterocycles. The fourth-order valence-electron chi connectivity index (χ4n) is 8.05. The van der Waals surface area contributed by atoms with E-state index in [4.69, 9.17) is 14.2 Å². The lowest BCUT2D eigenvalue weighted by atomic mass is 10.0. The minimum atomic E-state index is -0.772. The van der Waals surface area contributed by atoms with Crippen molar-refractivity contribution in [1.29, 1.82) is 0 Å². The predicted molar refractivity (Wildman–Crippen MR) is 266 cm³/mol. The van der Waals surface area contributed by atoms with Crippen LogP contribution in [-0.2, 0) is 28.6 Å². The van der Waals surface area contributed by atoms with Crippen LogP contribution in [-0.4, -0.2) is 37.2 Å². The maximum atomic E-state index is 12.8. The van der Waals surface area contributed by atoms with E-state index >= 15 is 0 Å². The van der Waals surface area contributed by atoms with Crippen LogP contribution in [0.1, 0.15) is 297 Å². The lowest BCUT2D eigenvalue weighted by Crippen LogP contribution is -2.30. The molecule has 0 aromatic heterocycles. The molecule has 364 valence electrons. The number of ether oxygens (including phenoxy) is 3. The molecule has 6 nitrogen and oxygen atoms in total. The quantitative estimate of drug-likeness (QED) is 0.0262. The predicted octanol–water partition coefficient (Wildman–Crippen LogP) is 17.9. The molecule has 1 atom stereocenters. The lowest BCUT2D eigenvalue weighted by molar-refractivity contribution is -0.167. The number of allylic oxidation sites excluding steroid dienone is 4. The first-order chi connectivity index (χ1) is 30.5. The van der Waals surface area contributed by atoms with Crippen LogP contribution in [0.4, 0.5) is 0 Å². The Morgan fingerprint density at radius 1 is 0.323 bits per heavy atom. The summed E-state index contributed by atoms with van der Waals surface area (Å²) >= 11 is 0. The van der Waals surface area contributed by atoms with E-state index in [0.29, 0.717) is 19.3 Å². The highest BCUT2D eigenvalue weighted by Gasteiger charge is 2.19. The zero-order valence-corrected chi connectivity index (χ0v) is 41.7. The van der Waals surface area contributed by atoms with Gasteiger partial charge in [-0.2, -0.15) is 0 Å². The number of carbonyl (C=O) groups excluding carboxylic acids is 3. The largest absolute Gasteiger partial charge is 0.462 e. The number of hydrogen-bond acceptors (Lipinski definition) is 6. The van der Waals surface area contributed by atoms with Crippen LogP contribution in [0, 0.1) is 0 Å². The number of unbranched alkanes of at least 4 members (excludes halogenated alkanes) is 35. The Balaban J connectivity index is 4.33. The molecular formula is C56H104O6. The molecule has 0 aromatic carbocycles. The first-order valence-electron chi connectivity index (χ1n) is 27.3. The SMILES string of the molecule is CCCC/C=C/C/C=C/CCCCCCCC(=O)O[C@H](COC(=O)CCCCCCCCCCCCCCC)COC(=O)CCCCCCCCCCCCCCCCCCC. The molecule has 0 unspecified atom stereocenters. The summed E-state index contributed by atoms with van der Waals surface area (Å²) in [7, 11) is 0. The van der Waals surface area contributed by atoms with Crippen molar-refractivity contribution in [3.8, 4) is 0 Å². The summed E-state index contributed by atoms with van der Waals surface area (Å²) in [5, 5.41) is 0. The van der Waals surface area contributed by atoms with Gasteiger partial charge in [-0.3, -0.25) is 14.4 Å². The molecule has 0 bridgehead atoms. The second-order valence-corrected chi connectivity index (χ2v) is 18.5. The van der Waals surface area contributed by atoms with E-state index in [1.807, 2.05) is 0 Å².